The zero-order valence-electron chi connectivity index (χ0n) is 6.87. The molecule has 1 aromatic rings. The van der Waals surface area contributed by atoms with Gasteiger partial charge in [-0.05, 0) is 12.1 Å². The van der Waals surface area contributed by atoms with Crippen molar-refractivity contribution in [1.82, 2.24) is 5.06 Å². The molecule has 2 saturated heterocycles. The molecule has 0 N–H and O–H groups in total. The van der Waals surface area contributed by atoms with Gasteiger partial charge in [0.15, 0.2) is 0 Å². The quantitative estimate of drug-likeness (QED) is 0.641. The van der Waals surface area contributed by atoms with E-state index in [1.807, 2.05) is 29.3 Å². The van der Waals surface area contributed by atoms with Crippen molar-refractivity contribution in [3.8, 4) is 0 Å². The minimum Gasteiger partial charge on any atom is -0.359 e. The number of benzene rings is 1. The lowest BCUT2D eigenvalue weighted by molar-refractivity contribution is 0.00711. The molecule has 0 spiro atoms. The molecule has 1 aromatic carbocycles. The first-order valence-corrected chi connectivity index (χ1v) is 4.50. The Morgan fingerprint density at radius 2 is 2.08 bits per heavy atom. The summed E-state index contributed by atoms with van der Waals surface area (Å²) in [6.07, 6.45) is 0. The van der Waals surface area contributed by atoms with Crippen molar-refractivity contribution in [3.63, 3.8) is 0 Å². The standard InChI is InChI=1S/C9H8ClNO2/c10-8-3-1-7(2-4-8)9-5-12-6-11(9)13-9/h1-4H,5-6H2. The fourth-order valence-electron chi connectivity index (χ4n) is 1.65. The van der Waals surface area contributed by atoms with E-state index in [1.165, 1.54) is 0 Å². The summed E-state index contributed by atoms with van der Waals surface area (Å²) in [7, 11) is 0. The molecule has 0 aliphatic carbocycles. The first-order chi connectivity index (χ1) is 6.31. The smallest absolute Gasteiger partial charge is 0.215 e. The van der Waals surface area contributed by atoms with Crippen molar-refractivity contribution in [1.29, 1.82) is 0 Å². The summed E-state index contributed by atoms with van der Waals surface area (Å²) >= 11 is 5.79. The Kier molecular flexibility index (Phi) is 1.46. The van der Waals surface area contributed by atoms with Crippen LogP contribution in [0.1, 0.15) is 5.56 Å². The van der Waals surface area contributed by atoms with E-state index in [4.69, 9.17) is 21.2 Å². The maximum absolute atomic E-state index is 5.79. The summed E-state index contributed by atoms with van der Waals surface area (Å²) in [5.74, 6) is 0. The first-order valence-electron chi connectivity index (χ1n) is 4.12. The molecule has 2 fully saturated rings. The normalized spacial score (nSPS) is 35.9. The van der Waals surface area contributed by atoms with Gasteiger partial charge in [-0.1, -0.05) is 23.7 Å². The second kappa shape index (κ2) is 2.45. The topological polar surface area (TPSA) is 24.8 Å². The lowest BCUT2D eigenvalue weighted by atomic mass is 10.1. The molecule has 68 valence electrons. The monoisotopic (exact) mass is 197 g/mol. The third kappa shape index (κ3) is 1.02. The minimum atomic E-state index is -0.301. The largest absolute Gasteiger partial charge is 0.359 e. The van der Waals surface area contributed by atoms with Crippen LogP contribution >= 0.6 is 11.6 Å². The number of ether oxygens (including phenoxy) is 1. The van der Waals surface area contributed by atoms with Crippen LogP contribution in [0.2, 0.25) is 5.02 Å². The molecule has 3 nitrogen and oxygen atoms in total. The summed E-state index contributed by atoms with van der Waals surface area (Å²) in [6, 6.07) is 7.67. The van der Waals surface area contributed by atoms with Crippen LogP contribution in [0, 0.1) is 0 Å². The molecule has 0 amide bonds. The Balaban J connectivity index is 1.97. The average Bonchev–Trinajstić information content (AvgIpc) is 2.71. The third-order valence-electron chi connectivity index (χ3n) is 2.43. The fourth-order valence-corrected chi connectivity index (χ4v) is 1.77. The second-order valence-electron chi connectivity index (χ2n) is 3.24. The molecule has 0 radical (unpaired) electrons. The molecular weight excluding hydrogens is 190 g/mol. The van der Waals surface area contributed by atoms with Crippen LogP contribution in [-0.4, -0.2) is 18.4 Å². The van der Waals surface area contributed by atoms with E-state index in [1.54, 1.807) is 0 Å². The predicted molar refractivity (Wildman–Crippen MR) is 46.9 cm³/mol. The maximum atomic E-state index is 5.79. The van der Waals surface area contributed by atoms with E-state index in [0.29, 0.717) is 13.3 Å². The van der Waals surface area contributed by atoms with Gasteiger partial charge in [-0.3, -0.25) is 4.84 Å². The van der Waals surface area contributed by atoms with Crippen LogP contribution in [0.5, 0.6) is 0 Å². The summed E-state index contributed by atoms with van der Waals surface area (Å²) in [6.45, 7) is 1.16. The molecule has 2 heterocycles. The Hall–Kier alpha value is -0.610. The highest BCUT2D eigenvalue weighted by atomic mass is 35.5. The number of nitrogens with zero attached hydrogens (tertiary/aromatic N) is 1. The van der Waals surface area contributed by atoms with E-state index in [0.717, 1.165) is 10.6 Å². The minimum absolute atomic E-state index is 0.301. The number of hydrogen-bond donors (Lipinski definition) is 0. The highest BCUT2D eigenvalue weighted by Gasteiger charge is 2.61. The van der Waals surface area contributed by atoms with Crippen LogP contribution in [-0.2, 0) is 15.3 Å². The molecular formula is C9H8ClNO2. The highest BCUT2D eigenvalue weighted by molar-refractivity contribution is 6.30. The van der Waals surface area contributed by atoms with Crippen molar-refractivity contribution >= 4 is 11.6 Å². The lowest BCUT2D eigenvalue weighted by Crippen LogP contribution is -2.13. The van der Waals surface area contributed by atoms with Gasteiger partial charge < -0.3 is 4.74 Å². The van der Waals surface area contributed by atoms with Crippen LogP contribution < -0.4 is 0 Å². The predicted octanol–water partition coefficient (Wildman–Crippen LogP) is 1.73. The van der Waals surface area contributed by atoms with Gasteiger partial charge >= 0.3 is 0 Å². The SMILES string of the molecule is Clc1ccc(C23COCN2O3)cc1. The maximum Gasteiger partial charge on any atom is 0.215 e. The summed E-state index contributed by atoms with van der Waals surface area (Å²) in [5, 5.41) is 2.57. The van der Waals surface area contributed by atoms with Crippen LogP contribution in [0.3, 0.4) is 0 Å². The van der Waals surface area contributed by atoms with Gasteiger partial charge in [0.25, 0.3) is 0 Å². The van der Waals surface area contributed by atoms with Crippen molar-refractivity contribution in [2.75, 3.05) is 13.3 Å². The van der Waals surface area contributed by atoms with Crippen molar-refractivity contribution in [3.05, 3.63) is 34.9 Å². The molecule has 2 aliphatic rings. The van der Waals surface area contributed by atoms with Gasteiger partial charge in [0.05, 0.1) is 6.61 Å². The Morgan fingerprint density at radius 3 is 2.62 bits per heavy atom. The van der Waals surface area contributed by atoms with Crippen molar-refractivity contribution in [2.24, 2.45) is 0 Å². The number of fused-ring (bicyclic) bond motifs is 1. The van der Waals surface area contributed by atoms with E-state index in [9.17, 15) is 0 Å². The van der Waals surface area contributed by atoms with Crippen LogP contribution in [0.15, 0.2) is 24.3 Å². The molecule has 3 rings (SSSR count). The van der Waals surface area contributed by atoms with E-state index in [-0.39, 0.29) is 5.72 Å². The Morgan fingerprint density at radius 1 is 1.31 bits per heavy atom. The fraction of sp³-hybridized carbons (Fsp3) is 0.333. The molecule has 2 aliphatic heterocycles. The van der Waals surface area contributed by atoms with Crippen molar-refractivity contribution in [2.45, 2.75) is 5.72 Å². The lowest BCUT2D eigenvalue weighted by Gasteiger charge is -2.04. The summed E-state index contributed by atoms with van der Waals surface area (Å²) in [4.78, 5) is 5.43. The molecule has 2 unspecified atom stereocenters. The Labute approximate surface area is 80.8 Å². The van der Waals surface area contributed by atoms with E-state index >= 15 is 0 Å². The molecule has 0 aromatic heterocycles. The number of hydrogen-bond acceptors (Lipinski definition) is 3. The third-order valence-corrected chi connectivity index (χ3v) is 2.69. The van der Waals surface area contributed by atoms with Crippen LogP contribution in [0.4, 0.5) is 0 Å². The van der Waals surface area contributed by atoms with Gasteiger partial charge in [0.2, 0.25) is 5.72 Å². The van der Waals surface area contributed by atoms with E-state index in [2.05, 4.69) is 0 Å². The van der Waals surface area contributed by atoms with Crippen LogP contribution in [0.25, 0.3) is 0 Å². The van der Waals surface area contributed by atoms with Gasteiger partial charge in [-0.2, -0.15) is 0 Å². The zero-order valence-corrected chi connectivity index (χ0v) is 7.62. The molecule has 0 bridgehead atoms. The van der Waals surface area contributed by atoms with Gasteiger partial charge in [-0.15, -0.1) is 5.06 Å². The van der Waals surface area contributed by atoms with Gasteiger partial charge in [0, 0.05) is 10.6 Å². The van der Waals surface area contributed by atoms with Gasteiger partial charge in [0.1, 0.15) is 6.73 Å². The highest BCUT2D eigenvalue weighted by Crippen LogP contribution is 2.48. The van der Waals surface area contributed by atoms with E-state index < -0.39 is 0 Å². The zero-order chi connectivity index (χ0) is 8.89. The Bertz CT molecular complexity index is 340. The second-order valence-corrected chi connectivity index (χ2v) is 3.68. The van der Waals surface area contributed by atoms with Gasteiger partial charge in [-0.25, -0.2) is 0 Å². The number of rotatable bonds is 1. The first kappa shape index (κ1) is 7.76. The number of halogens is 1. The summed E-state index contributed by atoms with van der Waals surface area (Å²) in [5.41, 5.74) is 0.805. The molecule has 13 heavy (non-hydrogen) atoms. The summed E-state index contributed by atoms with van der Waals surface area (Å²) < 4.78 is 5.26. The average molecular weight is 198 g/mol. The molecule has 0 saturated carbocycles. The van der Waals surface area contributed by atoms with Crippen molar-refractivity contribution < 1.29 is 9.57 Å². The number of hydroxylamine groups is 2. The molecule has 4 heteroatoms. The molecule has 2 atom stereocenters.